The lowest BCUT2D eigenvalue weighted by atomic mass is 10.1. The van der Waals surface area contributed by atoms with E-state index in [-0.39, 0.29) is 30.6 Å². The molecule has 144 valence electrons. The molecule has 0 aliphatic carbocycles. The van der Waals surface area contributed by atoms with Crippen LogP contribution in [-0.2, 0) is 21.2 Å². The summed E-state index contributed by atoms with van der Waals surface area (Å²) in [6.45, 7) is 0.250. The van der Waals surface area contributed by atoms with Gasteiger partial charge in [-0.2, -0.15) is 0 Å². The summed E-state index contributed by atoms with van der Waals surface area (Å²) in [5.41, 5.74) is 0. The summed E-state index contributed by atoms with van der Waals surface area (Å²) in [6, 6.07) is 10.2. The zero-order valence-corrected chi connectivity index (χ0v) is 16.7. The van der Waals surface area contributed by atoms with Crippen molar-refractivity contribution in [2.75, 3.05) is 18.1 Å². The molecule has 4 rings (SSSR count). The Hall–Kier alpha value is -2.00. The van der Waals surface area contributed by atoms with Crippen molar-refractivity contribution >= 4 is 31.7 Å². The summed E-state index contributed by atoms with van der Waals surface area (Å²) in [5.74, 6) is 1.38. The molecule has 0 spiro atoms. The largest absolute Gasteiger partial charge is 0.485 e. The fraction of sp³-hybridized carbons (Fsp3) is 0.389. The smallest absolute Gasteiger partial charge is 0.267 e. The minimum atomic E-state index is -3.15. The lowest BCUT2D eigenvalue weighted by Gasteiger charge is -2.33. The number of carbonyl (C=O) groups excluding carboxylic acids is 1. The number of amides is 1. The average molecular weight is 456 g/mol. The number of halogens is 1. The first-order chi connectivity index (χ1) is 12.9. The molecule has 1 amide bonds. The number of nitrogens with zero attached hydrogens (tertiary/aromatic N) is 1. The molecule has 9 heteroatoms. The van der Waals surface area contributed by atoms with E-state index in [4.69, 9.17) is 13.9 Å². The highest BCUT2D eigenvalue weighted by Crippen LogP contribution is 2.32. The summed E-state index contributed by atoms with van der Waals surface area (Å²) in [7, 11) is -3.15. The maximum absolute atomic E-state index is 13.2. The van der Waals surface area contributed by atoms with Crippen molar-refractivity contribution in [3.63, 3.8) is 0 Å². The standard InChI is InChI=1S/C18H18BrNO6S/c19-17-6-5-13(25-17)9-20(12-7-8-27(22,23)11-12)18(21)16-10-24-14-3-1-2-4-15(14)26-16/h1-6,12,16H,7-11H2/t12-,16-/m1/s1. The molecule has 2 aliphatic rings. The highest BCUT2D eigenvalue weighted by atomic mass is 79.9. The molecule has 0 bridgehead atoms. The predicted molar refractivity (Wildman–Crippen MR) is 100 cm³/mol. The van der Waals surface area contributed by atoms with Crippen molar-refractivity contribution in [1.29, 1.82) is 0 Å². The maximum atomic E-state index is 13.2. The highest BCUT2D eigenvalue weighted by molar-refractivity contribution is 9.10. The second-order valence-corrected chi connectivity index (χ2v) is 9.60. The van der Waals surface area contributed by atoms with E-state index in [0.717, 1.165) is 0 Å². The number of benzene rings is 1. The molecule has 0 radical (unpaired) electrons. The lowest BCUT2D eigenvalue weighted by molar-refractivity contribution is -0.144. The molecule has 2 atom stereocenters. The molecular weight excluding hydrogens is 438 g/mol. The van der Waals surface area contributed by atoms with Crippen LogP contribution >= 0.6 is 15.9 Å². The highest BCUT2D eigenvalue weighted by Gasteiger charge is 2.39. The van der Waals surface area contributed by atoms with Gasteiger partial charge in [-0.1, -0.05) is 12.1 Å². The van der Waals surface area contributed by atoms with E-state index < -0.39 is 22.0 Å². The van der Waals surface area contributed by atoms with Gasteiger partial charge in [-0.05, 0) is 46.6 Å². The molecule has 0 unspecified atom stereocenters. The molecule has 7 nitrogen and oxygen atoms in total. The van der Waals surface area contributed by atoms with Crippen LogP contribution in [0.3, 0.4) is 0 Å². The molecule has 0 N–H and O–H groups in total. The first kappa shape index (κ1) is 18.4. The van der Waals surface area contributed by atoms with Gasteiger partial charge in [0, 0.05) is 6.04 Å². The van der Waals surface area contributed by atoms with E-state index >= 15 is 0 Å². The van der Waals surface area contributed by atoms with Crippen molar-refractivity contribution in [3.8, 4) is 11.5 Å². The van der Waals surface area contributed by atoms with Gasteiger partial charge in [0.1, 0.15) is 12.4 Å². The molecule has 1 saturated heterocycles. The van der Waals surface area contributed by atoms with Gasteiger partial charge in [0.05, 0.1) is 18.1 Å². The molecule has 27 heavy (non-hydrogen) atoms. The fourth-order valence-electron chi connectivity index (χ4n) is 3.34. The summed E-state index contributed by atoms with van der Waals surface area (Å²) < 4.78 is 41.4. The van der Waals surface area contributed by atoms with Gasteiger partial charge < -0.3 is 18.8 Å². The molecule has 1 fully saturated rings. The van der Waals surface area contributed by atoms with E-state index in [2.05, 4.69) is 15.9 Å². The second kappa shape index (κ2) is 7.20. The van der Waals surface area contributed by atoms with Crippen LogP contribution in [0.5, 0.6) is 11.5 Å². The molecule has 0 saturated carbocycles. The van der Waals surface area contributed by atoms with E-state index in [1.165, 1.54) is 4.90 Å². The van der Waals surface area contributed by atoms with Gasteiger partial charge in [-0.25, -0.2) is 8.42 Å². The first-order valence-electron chi connectivity index (χ1n) is 8.55. The Morgan fingerprint density at radius 2 is 1.96 bits per heavy atom. The van der Waals surface area contributed by atoms with Crippen LogP contribution in [0.1, 0.15) is 12.2 Å². The SMILES string of the molecule is O=C([C@H]1COc2ccccc2O1)N(Cc1ccc(Br)o1)[C@@H]1CCS(=O)(=O)C1. The first-order valence-corrected chi connectivity index (χ1v) is 11.2. The second-order valence-electron chi connectivity index (χ2n) is 6.59. The average Bonchev–Trinajstić information content (AvgIpc) is 3.23. The number of ether oxygens (including phenoxy) is 2. The third-order valence-electron chi connectivity index (χ3n) is 4.67. The maximum Gasteiger partial charge on any atom is 0.267 e. The number of fused-ring (bicyclic) bond motifs is 1. The van der Waals surface area contributed by atoms with Crippen LogP contribution in [0.2, 0.25) is 0 Å². The van der Waals surface area contributed by atoms with Gasteiger partial charge in [-0.3, -0.25) is 4.79 Å². The molecule has 1 aromatic heterocycles. The van der Waals surface area contributed by atoms with Crippen molar-refractivity contribution in [2.24, 2.45) is 0 Å². The Labute approximate surface area is 165 Å². The van der Waals surface area contributed by atoms with Crippen LogP contribution < -0.4 is 9.47 Å². The van der Waals surface area contributed by atoms with Crippen molar-refractivity contribution in [3.05, 3.63) is 46.8 Å². The molecule has 1 aromatic carbocycles. The van der Waals surface area contributed by atoms with Crippen LogP contribution in [-0.4, -0.2) is 49.5 Å². The lowest BCUT2D eigenvalue weighted by Crippen LogP contribution is -2.50. The quantitative estimate of drug-likeness (QED) is 0.703. The van der Waals surface area contributed by atoms with Crippen molar-refractivity contribution in [1.82, 2.24) is 4.90 Å². The summed E-state index contributed by atoms with van der Waals surface area (Å²) in [5, 5.41) is 0. The summed E-state index contributed by atoms with van der Waals surface area (Å²) >= 11 is 3.24. The number of sulfone groups is 1. The van der Waals surface area contributed by atoms with Crippen LogP contribution in [0.4, 0.5) is 0 Å². The van der Waals surface area contributed by atoms with Crippen LogP contribution in [0.25, 0.3) is 0 Å². The third-order valence-corrected chi connectivity index (χ3v) is 6.85. The zero-order valence-electron chi connectivity index (χ0n) is 14.3. The van der Waals surface area contributed by atoms with Gasteiger partial charge in [0.2, 0.25) is 6.10 Å². The molecule has 2 aliphatic heterocycles. The monoisotopic (exact) mass is 455 g/mol. The third kappa shape index (κ3) is 3.98. The molecule has 3 heterocycles. The Morgan fingerprint density at radius 3 is 2.63 bits per heavy atom. The Kier molecular flexibility index (Phi) is 4.90. The fourth-order valence-corrected chi connectivity index (χ4v) is 5.41. The summed E-state index contributed by atoms with van der Waals surface area (Å²) in [4.78, 5) is 14.7. The van der Waals surface area contributed by atoms with Gasteiger partial charge in [0.15, 0.2) is 26.0 Å². The normalized spacial score (nSPS) is 23.1. The Morgan fingerprint density at radius 1 is 1.19 bits per heavy atom. The van der Waals surface area contributed by atoms with E-state index in [1.807, 2.05) is 6.07 Å². The van der Waals surface area contributed by atoms with E-state index in [9.17, 15) is 13.2 Å². The van der Waals surface area contributed by atoms with Gasteiger partial charge in [-0.15, -0.1) is 0 Å². The topological polar surface area (TPSA) is 86.1 Å². The van der Waals surface area contributed by atoms with Crippen LogP contribution in [0, 0.1) is 0 Å². The summed E-state index contributed by atoms with van der Waals surface area (Å²) in [6.07, 6.45) is -0.429. The predicted octanol–water partition coefficient (Wildman–Crippen LogP) is 2.40. The molecular formula is C18H18BrNO6S. The Bertz CT molecular complexity index is 956. The van der Waals surface area contributed by atoms with Crippen LogP contribution in [0.15, 0.2) is 45.5 Å². The van der Waals surface area contributed by atoms with E-state index in [1.54, 1.807) is 30.3 Å². The zero-order chi connectivity index (χ0) is 19.0. The van der Waals surface area contributed by atoms with Gasteiger partial charge in [0.25, 0.3) is 5.91 Å². The minimum absolute atomic E-state index is 0.0508. The van der Waals surface area contributed by atoms with Crippen molar-refractivity contribution < 1.29 is 27.1 Å². The minimum Gasteiger partial charge on any atom is -0.485 e. The van der Waals surface area contributed by atoms with Crippen molar-refractivity contribution in [2.45, 2.75) is 25.1 Å². The Balaban J connectivity index is 1.57. The number of hydrogen-bond donors (Lipinski definition) is 0. The number of rotatable bonds is 4. The number of hydrogen-bond acceptors (Lipinski definition) is 6. The van der Waals surface area contributed by atoms with E-state index in [0.29, 0.717) is 28.3 Å². The number of para-hydroxylation sites is 2. The number of carbonyl (C=O) groups is 1. The van der Waals surface area contributed by atoms with Gasteiger partial charge >= 0.3 is 0 Å². The number of furan rings is 1. The molecule has 2 aromatic rings.